The van der Waals surface area contributed by atoms with Crippen molar-refractivity contribution >= 4 is 16.6 Å². The van der Waals surface area contributed by atoms with Crippen LogP contribution in [0, 0.1) is 5.92 Å². The predicted octanol–water partition coefficient (Wildman–Crippen LogP) is 4.00. The van der Waals surface area contributed by atoms with Crippen LogP contribution in [0.1, 0.15) is 19.3 Å². The molecule has 0 bridgehead atoms. The Morgan fingerprint density at radius 3 is 3.06 bits per heavy atom. The molecule has 1 aliphatic rings. The fourth-order valence-electron chi connectivity index (χ4n) is 2.47. The maximum atomic E-state index is 4.47. The summed E-state index contributed by atoms with van der Waals surface area (Å²) in [5.41, 5.74) is 2.19. The topological polar surface area (TPSA) is 24.9 Å². The maximum absolute atomic E-state index is 4.47. The van der Waals surface area contributed by atoms with Gasteiger partial charge in [0.2, 0.25) is 0 Å². The lowest BCUT2D eigenvalue weighted by Crippen LogP contribution is -2.15. The number of para-hydroxylation sites is 1. The Morgan fingerprint density at radius 2 is 2.17 bits per heavy atom. The first-order valence-corrected chi connectivity index (χ1v) is 6.65. The molecule has 0 saturated heterocycles. The highest BCUT2D eigenvalue weighted by Crippen LogP contribution is 2.20. The summed E-state index contributed by atoms with van der Waals surface area (Å²) in [7, 11) is 0. The van der Waals surface area contributed by atoms with Crippen LogP contribution < -0.4 is 5.32 Å². The highest BCUT2D eigenvalue weighted by Gasteiger charge is 2.09. The summed E-state index contributed by atoms with van der Waals surface area (Å²) < 4.78 is 0. The molecule has 0 amide bonds. The molecule has 1 atom stereocenters. The lowest BCUT2D eigenvalue weighted by Gasteiger charge is -2.18. The molecule has 92 valence electrons. The number of nitrogens with zero attached hydrogens (tertiary/aromatic N) is 1. The summed E-state index contributed by atoms with van der Waals surface area (Å²) in [4.78, 5) is 4.47. The van der Waals surface area contributed by atoms with E-state index in [1.54, 1.807) is 0 Å². The largest absolute Gasteiger partial charge is 0.383 e. The van der Waals surface area contributed by atoms with Gasteiger partial charge in [0, 0.05) is 11.9 Å². The van der Waals surface area contributed by atoms with Gasteiger partial charge in [0.25, 0.3) is 0 Å². The average molecular weight is 238 g/mol. The molecule has 1 heterocycles. The fourth-order valence-corrected chi connectivity index (χ4v) is 2.47. The zero-order valence-electron chi connectivity index (χ0n) is 10.5. The Bertz CT molecular complexity index is 560. The van der Waals surface area contributed by atoms with Crippen LogP contribution in [-0.2, 0) is 0 Å². The van der Waals surface area contributed by atoms with E-state index in [0.29, 0.717) is 0 Å². The number of fused-ring (bicyclic) bond motifs is 1. The number of hydrogen-bond acceptors (Lipinski definition) is 2. The lowest BCUT2D eigenvalue weighted by molar-refractivity contribution is 0.504. The molecule has 0 saturated carbocycles. The SMILES string of the molecule is C1=CCC(CNc2cnc3ccccc3c2)CC1. The molecule has 2 aromatic rings. The molecule has 1 N–H and O–H groups in total. The van der Waals surface area contributed by atoms with Crippen molar-refractivity contribution in [1.82, 2.24) is 4.98 Å². The van der Waals surface area contributed by atoms with E-state index in [9.17, 15) is 0 Å². The molecule has 0 spiro atoms. The van der Waals surface area contributed by atoms with Crippen LogP contribution in [0.4, 0.5) is 5.69 Å². The van der Waals surface area contributed by atoms with Crippen LogP contribution in [-0.4, -0.2) is 11.5 Å². The van der Waals surface area contributed by atoms with Crippen molar-refractivity contribution in [3.05, 3.63) is 48.7 Å². The summed E-state index contributed by atoms with van der Waals surface area (Å²) in [6, 6.07) is 10.4. The number of anilines is 1. The van der Waals surface area contributed by atoms with Crippen LogP contribution in [0.2, 0.25) is 0 Å². The summed E-state index contributed by atoms with van der Waals surface area (Å²) in [5.74, 6) is 0.765. The van der Waals surface area contributed by atoms with Crippen molar-refractivity contribution in [3.8, 4) is 0 Å². The number of hydrogen-bond donors (Lipinski definition) is 1. The predicted molar refractivity (Wildman–Crippen MR) is 76.7 cm³/mol. The smallest absolute Gasteiger partial charge is 0.0703 e. The molecule has 0 aliphatic heterocycles. The second-order valence-electron chi connectivity index (χ2n) is 4.95. The molecule has 1 aromatic carbocycles. The Morgan fingerprint density at radius 1 is 1.22 bits per heavy atom. The van der Waals surface area contributed by atoms with Crippen molar-refractivity contribution in [2.75, 3.05) is 11.9 Å². The summed E-state index contributed by atoms with van der Waals surface area (Å²) in [6.07, 6.45) is 10.2. The molecule has 1 unspecified atom stereocenters. The van der Waals surface area contributed by atoms with E-state index in [1.807, 2.05) is 18.3 Å². The van der Waals surface area contributed by atoms with Crippen LogP contribution >= 0.6 is 0 Å². The van der Waals surface area contributed by atoms with Gasteiger partial charge < -0.3 is 5.32 Å². The highest BCUT2D eigenvalue weighted by atomic mass is 14.9. The van der Waals surface area contributed by atoms with Crippen molar-refractivity contribution in [2.24, 2.45) is 5.92 Å². The van der Waals surface area contributed by atoms with Crippen LogP contribution in [0.3, 0.4) is 0 Å². The first kappa shape index (κ1) is 11.3. The molecule has 1 aliphatic carbocycles. The molecule has 2 heteroatoms. The van der Waals surface area contributed by atoms with E-state index in [0.717, 1.165) is 23.7 Å². The van der Waals surface area contributed by atoms with Gasteiger partial charge in [-0.2, -0.15) is 0 Å². The van der Waals surface area contributed by atoms with Gasteiger partial charge in [-0.1, -0.05) is 30.4 Å². The number of rotatable bonds is 3. The monoisotopic (exact) mass is 238 g/mol. The lowest BCUT2D eigenvalue weighted by atomic mass is 9.94. The number of aromatic nitrogens is 1. The fraction of sp³-hybridized carbons (Fsp3) is 0.312. The van der Waals surface area contributed by atoms with Gasteiger partial charge in [0.05, 0.1) is 17.4 Å². The molecule has 0 fully saturated rings. The molecule has 2 nitrogen and oxygen atoms in total. The van der Waals surface area contributed by atoms with E-state index >= 15 is 0 Å². The summed E-state index contributed by atoms with van der Waals surface area (Å²) in [6.45, 7) is 1.05. The van der Waals surface area contributed by atoms with Crippen LogP contribution in [0.25, 0.3) is 10.9 Å². The van der Waals surface area contributed by atoms with Gasteiger partial charge in [0.1, 0.15) is 0 Å². The van der Waals surface area contributed by atoms with Crippen LogP contribution in [0.5, 0.6) is 0 Å². The van der Waals surface area contributed by atoms with Gasteiger partial charge in [-0.3, -0.25) is 4.98 Å². The van der Waals surface area contributed by atoms with E-state index in [-0.39, 0.29) is 0 Å². The number of nitrogens with one attached hydrogen (secondary N) is 1. The third-order valence-corrected chi connectivity index (χ3v) is 3.56. The third-order valence-electron chi connectivity index (χ3n) is 3.56. The van der Waals surface area contributed by atoms with Gasteiger partial charge in [-0.25, -0.2) is 0 Å². The Labute approximate surface area is 108 Å². The first-order chi connectivity index (χ1) is 8.92. The normalized spacial score (nSPS) is 19.0. The summed E-state index contributed by atoms with van der Waals surface area (Å²) in [5, 5.41) is 4.71. The third kappa shape index (κ3) is 2.53. The Hall–Kier alpha value is -1.83. The van der Waals surface area contributed by atoms with Crippen molar-refractivity contribution in [1.29, 1.82) is 0 Å². The average Bonchev–Trinajstić information content (AvgIpc) is 2.46. The van der Waals surface area contributed by atoms with Gasteiger partial charge >= 0.3 is 0 Å². The second kappa shape index (κ2) is 5.21. The van der Waals surface area contributed by atoms with E-state index < -0.39 is 0 Å². The zero-order valence-corrected chi connectivity index (χ0v) is 10.5. The van der Waals surface area contributed by atoms with Crippen molar-refractivity contribution in [2.45, 2.75) is 19.3 Å². The highest BCUT2D eigenvalue weighted by molar-refractivity contribution is 5.81. The zero-order chi connectivity index (χ0) is 12.2. The Balaban J connectivity index is 1.69. The quantitative estimate of drug-likeness (QED) is 0.817. The van der Waals surface area contributed by atoms with E-state index in [4.69, 9.17) is 0 Å². The minimum absolute atomic E-state index is 0.765. The minimum Gasteiger partial charge on any atom is -0.383 e. The maximum Gasteiger partial charge on any atom is 0.0703 e. The minimum atomic E-state index is 0.765. The van der Waals surface area contributed by atoms with E-state index in [1.165, 1.54) is 24.6 Å². The van der Waals surface area contributed by atoms with Crippen molar-refractivity contribution in [3.63, 3.8) is 0 Å². The molecular weight excluding hydrogens is 220 g/mol. The molecular formula is C16H18N2. The van der Waals surface area contributed by atoms with Gasteiger partial charge in [-0.05, 0) is 37.3 Å². The van der Waals surface area contributed by atoms with Crippen molar-refractivity contribution < 1.29 is 0 Å². The standard InChI is InChI=1S/C16H18N2/c1-2-6-13(7-3-1)11-17-15-10-14-8-4-5-9-16(14)18-12-15/h1-2,4-5,8-10,12-13,17H,3,6-7,11H2. The molecule has 0 radical (unpaired) electrons. The van der Waals surface area contributed by atoms with E-state index in [2.05, 4.69) is 40.7 Å². The van der Waals surface area contributed by atoms with Gasteiger partial charge in [-0.15, -0.1) is 0 Å². The Kier molecular flexibility index (Phi) is 3.26. The number of benzene rings is 1. The molecule has 18 heavy (non-hydrogen) atoms. The second-order valence-corrected chi connectivity index (χ2v) is 4.95. The number of pyridine rings is 1. The number of allylic oxidation sites excluding steroid dienone is 2. The first-order valence-electron chi connectivity index (χ1n) is 6.65. The van der Waals surface area contributed by atoms with Crippen LogP contribution in [0.15, 0.2) is 48.7 Å². The molecule has 3 rings (SSSR count). The van der Waals surface area contributed by atoms with Gasteiger partial charge in [0.15, 0.2) is 0 Å². The molecule has 1 aromatic heterocycles. The summed E-state index contributed by atoms with van der Waals surface area (Å²) >= 11 is 0.